The summed E-state index contributed by atoms with van der Waals surface area (Å²) in [5, 5.41) is 0. The Balaban J connectivity index is 2.05. The van der Waals surface area contributed by atoms with Crippen molar-refractivity contribution in [2.45, 2.75) is 18.2 Å². The predicted octanol–water partition coefficient (Wildman–Crippen LogP) is 4.92. The van der Waals surface area contributed by atoms with Crippen LogP contribution in [0.1, 0.15) is 11.1 Å². The van der Waals surface area contributed by atoms with E-state index in [-0.39, 0.29) is 28.3 Å². The van der Waals surface area contributed by atoms with Gasteiger partial charge in [-0.3, -0.25) is 9.10 Å². The summed E-state index contributed by atoms with van der Waals surface area (Å²) in [5.74, 6) is -0.406. The molecule has 0 N–H and O–H groups in total. The Kier molecular flexibility index (Phi) is 7.76. The third-order valence-corrected chi connectivity index (χ3v) is 7.25. The zero-order valence-electron chi connectivity index (χ0n) is 18.3. The second-order valence-corrected chi connectivity index (χ2v) is 10.1. The maximum absolute atomic E-state index is 14.3. The molecule has 0 bridgehead atoms. The van der Waals surface area contributed by atoms with Gasteiger partial charge in [-0.05, 0) is 48.9 Å². The number of carbonyl (C=O) groups excluding carboxylic acids is 1. The number of ether oxygens (including phenoxy) is 2. The minimum Gasteiger partial charge on any atom is -0.497 e. The van der Waals surface area contributed by atoms with Gasteiger partial charge in [-0.2, -0.15) is 0 Å². The highest BCUT2D eigenvalue weighted by molar-refractivity contribution is 9.10. The van der Waals surface area contributed by atoms with E-state index in [1.807, 2.05) is 6.92 Å². The molecule has 9 heteroatoms. The second kappa shape index (κ2) is 10.4. The fourth-order valence-corrected chi connectivity index (χ4v) is 5.01. The number of anilines is 1. The third kappa shape index (κ3) is 5.72. The Morgan fingerprint density at radius 3 is 2.30 bits per heavy atom. The van der Waals surface area contributed by atoms with Crippen LogP contribution in [0.3, 0.4) is 0 Å². The molecule has 3 rings (SSSR count). The van der Waals surface area contributed by atoms with Crippen molar-refractivity contribution in [2.75, 3.05) is 25.1 Å². The van der Waals surface area contributed by atoms with Crippen molar-refractivity contribution in [1.82, 2.24) is 0 Å². The number of nitrogens with zero attached hydrogens (tertiary/aromatic N) is 1. The molecule has 0 spiro atoms. The molecule has 0 aliphatic heterocycles. The molecule has 0 saturated heterocycles. The highest BCUT2D eigenvalue weighted by Crippen LogP contribution is 2.35. The standard InChI is InChI=1S/C24H23BrFNO5S/c1-16-4-9-21(10-5-16)33(29,30)27(23-14-20(31-2)8-11-24(23)32-3)15-19(28)12-17-6-7-18(25)13-22(17)26/h4-11,13-14H,12,15H2,1-3H3. The van der Waals surface area contributed by atoms with E-state index in [2.05, 4.69) is 15.9 Å². The summed E-state index contributed by atoms with van der Waals surface area (Å²) in [5.41, 5.74) is 1.21. The number of carbonyl (C=O) groups is 1. The van der Waals surface area contributed by atoms with Gasteiger partial charge in [0, 0.05) is 17.0 Å². The van der Waals surface area contributed by atoms with E-state index < -0.39 is 28.2 Å². The Labute approximate surface area is 201 Å². The van der Waals surface area contributed by atoms with Crippen LogP contribution in [-0.4, -0.2) is 35.0 Å². The Morgan fingerprint density at radius 1 is 1.00 bits per heavy atom. The van der Waals surface area contributed by atoms with Gasteiger partial charge >= 0.3 is 0 Å². The van der Waals surface area contributed by atoms with Crippen molar-refractivity contribution in [1.29, 1.82) is 0 Å². The van der Waals surface area contributed by atoms with Gasteiger partial charge in [-0.15, -0.1) is 0 Å². The minimum absolute atomic E-state index is 0.0144. The van der Waals surface area contributed by atoms with Crippen LogP contribution in [-0.2, 0) is 21.2 Å². The van der Waals surface area contributed by atoms with Crippen LogP contribution in [0.25, 0.3) is 0 Å². The number of methoxy groups -OCH3 is 2. The van der Waals surface area contributed by atoms with Crippen LogP contribution in [0.2, 0.25) is 0 Å². The summed E-state index contributed by atoms with van der Waals surface area (Å²) in [6.07, 6.45) is -0.273. The number of benzene rings is 3. The highest BCUT2D eigenvalue weighted by Gasteiger charge is 2.30. The summed E-state index contributed by atoms with van der Waals surface area (Å²) in [6, 6.07) is 15.3. The molecule has 0 fully saturated rings. The zero-order chi connectivity index (χ0) is 24.2. The summed E-state index contributed by atoms with van der Waals surface area (Å²) >= 11 is 3.18. The normalized spacial score (nSPS) is 11.2. The van der Waals surface area contributed by atoms with Crippen molar-refractivity contribution < 1.29 is 27.1 Å². The topological polar surface area (TPSA) is 72.9 Å². The summed E-state index contributed by atoms with van der Waals surface area (Å²) in [4.78, 5) is 13.0. The molecule has 0 aliphatic carbocycles. The summed E-state index contributed by atoms with van der Waals surface area (Å²) in [6.45, 7) is 1.32. The van der Waals surface area contributed by atoms with Crippen LogP contribution in [0, 0.1) is 12.7 Å². The molecule has 0 radical (unpaired) electrons. The van der Waals surface area contributed by atoms with Gasteiger partial charge in [-0.1, -0.05) is 39.7 Å². The van der Waals surface area contributed by atoms with Crippen molar-refractivity contribution in [3.05, 3.63) is 82.1 Å². The number of hydrogen-bond acceptors (Lipinski definition) is 5. The van der Waals surface area contributed by atoms with E-state index >= 15 is 0 Å². The van der Waals surface area contributed by atoms with Crippen molar-refractivity contribution in [3.63, 3.8) is 0 Å². The molecule has 3 aromatic carbocycles. The number of halogens is 2. The lowest BCUT2D eigenvalue weighted by Gasteiger charge is -2.26. The quantitative estimate of drug-likeness (QED) is 0.388. The molecule has 0 aromatic heterocycles. The van der Waals surface area contributed by atoms with Crippen molar-refractivity contribution in [2.24, 2.45) is 0 Å². The lowest BCUT2D eigenvalue weighted by molar-refractivity contribution is -0.117. The third-order valence-electron chi connectivity index (χ3n) is 4.99. The van der Waals surface area contributed by atoms with Gasteiger partial charge in [-0.25, -0.2) is 12.8 Å². The van der Waals surface area contributed by atoms with Gasteiger partial charge in [0.1, 0.15) is 17.3 Å². The van der Waals surface area contributed by atoms with Gasteiger partial charge in [0.25, 0.3) is 10.0 Å². The first-order chi connectivity index (χ1) is 15.6. The van der Waals surface area contributed by atoms with Gasteiger partial charge in [0.05, 0.1) is 31.3 Å². The van der Waals surface area contributed by atoms with Crippen LogP contribution < -0.4 is 13.8 Å². The minimum atomic E-state index is -4.16. The monoisotopic (exact) mass is 535 g/mol. The zero-order valence-corrected chi connectivity index (χ0v) is 20.7. The average Bonchev–Trinajstić information content (AvgIpc) is 2.79. The van der Waals surface area contributed by atoms with Crippen molar-refractivity contribution >= 4 is 37.4 Å². The number of rotatable bonds is 9. The molecule has 0 unspecified atom stereocenters. The number of aryl methyl sites for hydroxylation is 1. The van der Waals surface area contributed by atoms with Crippen molar-refractivity contribution in [3.8, 4) is 11.5 Å². The van der Waals surface area contributed by atoms with E-state index in [0.717, 1.165) is 9.87 Å². The van der Waals surface area contributed by atoms with E-state index in [0.29, 0.717) is 10.2 Å². The number of ketones is 1. The maximum atomic E-state index is 14.3. The number of Topliss-reactive ketones (excluding diaryl/α,β-unsaturated/α-hetero) is 1. The SMILES string of the molecule is COc1ccc(OC)c(N(CC(=O)Cc2ccc(Br)cc2F)S(=O)(=O)c2ccc(C)cc2)c1. The van der Waals surface area contributed by atoms with E-state index in [1.165, 1.54) is 44.6 Å². The smallest absolute Gasteiger partial charge is 0.264 e. The fourth-order valence-electron chi connectivity index (χ4n) is 3.22. The van der Waals surface area contributed by atoms with Gasteiger partial charge < -0.3 is 9.47 Å². The Bertz CT molecular complexity index is 1260. The van der Waals surface area contributed by atoms with Gasteiger partial charge in [0.2, 0.25) is 0 Å². The lowest BCUT2D eigenvalue weighted by atomic mass is 10.1. The molecule has 33 heavy (non-hydrogen) atoms. The first-order valence-corrected chi connectivity index (χ1v) is 12.2. The molecular formula is C24H23BrFNO5S. The molecule has 0 saturated carbocycles. The molecule has 0 aliphatic rings. The largest absolute Gasteiger partial charge is 0.497 e. The van der Waals surface area contributed by atoms with Crippen LogP contribution in [0.5, 0.6) is 11.5 Å². The predicted molar refractivity (Wildman–Crippen MR) is 128 cm³/mol. The molecule has 3 aromatic rings. The molecule has 174 valence electrons. The first-order valence-electron chi connectivity index (χ1n) is 9.92. The Morgan fingerprint density at radius 2 is 1.70 bits per heavy atom. The summed E-state index contributed by atoms with van der Waals surface area (Å²) < 4.78 is 53.6. The van der Waals surface area contributed by atoms with E-state index in [1.54, 1.807) is 30.3 Å². The number of hydrogen-bond donors (Lipinski definition) is 0. The van der Waals surface area contributed by atoms with Gasteiger partial charge in [0.15, 0.2) is 5.78 Å². The Hall–Kier alpha value is -2.91. The number of sulfonamides is 1. The first kappa shape index (κ1) is 24.7. The molecular weight excluding hydrogens is 513 g/mol. The average molecular weight is 536 g/mol. The second-order valence-electron chi connectivity index (χ2n) is 7.31. The lowest BCUT2D eigenvalue weighted by Crippen LogP contribution is -2.36. The summed E-state index contributed by atoms with van der Waals surface area (Å²) in [7, 11) is -1.30. The highest BCUT2D eigenvalue weighted by atomic mass is 79.9. The molecule has 0 amide bonds. The molecule has 0 atom stereocenters. The van der Waals surface area contributed by atoms with Crippen LogP contribution in [0.4, 0.5) is 10.1 Å². The molecule has 6 nitrogen and oxygen atoms in total. The maximum Gasteiger partial charge on any atom is 0.264 e. The van der Waals surface area contributed by atoms with E-state index in [9.17, 15) is 17.6 Å². The van der Waals surface area contributed by atoms with Crippen LogP contribution >= 0.6 is 15.9 Å². The van der Waals surface area contributed by atoms with Crippen LogP contribution in [0.15, 0.2) is 70.0 Å². The van der Waals surface area contributed by atoms with E-state index in [4.69, 9.17) is 9.47 Å². The molecule has 0 heterocycles. The fraction of sp³-hybridized carbons (Fsp3) is 0.208.